The van der Waals surface area contributed by atoms with Crippen LogP contribution >= 0.6 is 0 Å². The van der Waals surface area contributed by atoms with Gasteiger partial charge in [0.2, 0.25) is 11.8 Å². The van der Waals surface area contributed by atoms with E-state index in [1.54, 1.807) is 11.8 Å². The van der Waals surface area contributed by atoms with Crippen molar-refractivity contribution in [3.63, 3.8) is 0 Å². The van der Waals surface area contributed by atoms with Crippen LogP contribution in [0.1, 0.15) is 39.0 Å². The van der Waals surface area contributed by atoms with Crippen molar-refractivity contribution < 1.29 is 9.59 Å². The molecule has 1 heterocycles. The number of hydrogen-bond donors (Lipinski definition) is 1. The quantitative estimate of drug-likeness (QED) is 0.809. The second-order valence-corrected chi connectivity index (χ2v) is 6.69. The molecule has 0 radical (unpaired) electrons. The number of carbonyl (C=O) groups is 2. The number of piperazine rings is 1. The molecule has 0 spiro atoms. The molecule has 1 atom stereocenters. The molecule has 22 heavy (non-hydrogen) atoms. The van der Waals surface area contributed by atoms with Gasteiger partial charge in [0.25, 0.3) is 0 Å². The third-order valence-corrected chi connectivity index (χ3v) is 4.95. The van der Waals surface area contributed by atoms with Crippen molar-refractivity contribution in [2.24, 2.45) is 5.73 Å². The van der Waals surface area contributed by atoms with Crippen molar-refractivity contribution in [3.05, 3.63) is 0 Å². The maximum atomic E-state index is 12.4. The molecule has 2 amide bonds. The second-order valence-electron chi connectivity index (χ2n) is 6.69. The summed E-state index contributed by atoms with van der Waals surface area (Å²) in [5, 5.41) is 0. The largest absolute Gasteiger partial charge is 0.342 e. The van der Waals surface area contributed by atoms with Crippen LogP contribution in [0.2, 0.25) is 0 Å². The van der Waals surface area contributed by atoms with E-state index < -0.39 is 6.04 Å². The smallest absolute Gasteiger partial charge is 0.239 e. The molecule has 0 aromatic rings. The summed E-state index contributed by atoms with van der Waals surface area (Å²) in [6.45, 7) is 5.03. The Labute approximate surface area is 133 Å². The van der Waals surface area contributed by atoms with Gasteiger partial charge in [0, 0.05) is 39.3 Å². The highest BCUT2D eigenvalue weighted by molar-refractivity contribution is 5.81. The fraction of sp³-hybridized carbons (Fsp3) is 0.875. The molecule has 6 nitrogen and oxygen atoms in total. The molecule has 1 saturated heterocycles. The summed E-state index contributed by atoms with van der Waals surface area (Å²) < 4.78 is 0. The summed E-state index contributed by atoms with van der Waals surface area (Å²) in [6, 6.07) is -0.0205. The lowest BCUT2D eigenvalue weighted by Crippen LogP contribution is -2.54. The van der Waals surface area contributed by atoms with E-state index in [1.165, 1.54) is 19.3 Å². The third-order valence-electron chi connectivity index (χ3n) is 4.95. The summed E-state index contributed by atoms with van der Waals surface area (Å²) in [4.78, 5) is 30.2. The minimum absolute atomic E-state index is 0.00491. The lowest BCUT2D eigenvalue weighted by molar-refractivity contribution is -0.136. The van der Waals surface area contributed by atoms with Crippen LogP contribution in [0.25, 0.3) is 0 Å². The Morgan fingerprint density at radius 3 is 2.27 bits per heavy atom. The lowest BCUT2D eigenvalue weighted by atomic mass is 9.94. The first kappa shape index (κ1) is 17.2. The van der Waals surface area contributed by atoms with Crippen molar-refractivity contribution in [3.8, 4) is 0 Å². The van der Waals surface area contributed by atoms with Gasteiger partial charge < -0.3 is 15.5 Å². The van der Waals surface area contributed by atoms with Gasteiger partial charge in [-0.3, -0.25) is 14.5 Å². The molecule has 1 saturated carbocycles. The number of hydrogen-bond acceptors (Lipinski definition) is 4. The van der Waals surface area contributed by atoms with Crippen LogP contribution in [-0.2, 0) is 9.59 Å². The Balaban J connectivity index is 1.75. The van der Waals surface area contributed by atoms with Crippen molar-refractivity contribution in [2.75, 3.05) is 39.8 Å². The molecular formula is C16H30N4O2. The molecule has 1 aliphatic heterocycles. The molecule has 0 aromatic heterocycles. The van der Waals surface area contributed by atoms with Gasteiger partial charge in [-0.05, 0) is 19.8 Å². The van der Waals surface area contributed by atoms with Gasteiger partial charge in [0.1, 0.15) is 0 Å². The van der Waals surface area contributed by atoms with E-state index in [-0.39, 0.29) is 11.8 Å². The second kappa shape index (κ2) is 7.92. The molecule has 2 rings (SSSR count). The van der Waals surface area contributed by atoms with Crippen LogP contribution in [0.3, 0.4) is 0 Å². The Hall–Kier alpha value is -1.14. The van der Waals surface area contributed by atoms with Crippen LogP contribution in [0.15, 0.2) is 0 Å². The average molecular weight is 310 g/mol. The number of nitrogens with zero attached hydrogens (tertiary/aromatic N) is 3. The number of amides is 2. The monoisotopic (exact) mass is 310 g/mol. The molecule has 0 aromatic carbocycles. The van der Waals surface area contributed by atoms with Gasteiger partial charge in [-0.25, -0.2) is 0 Å². The SMILES string of the molecule is C[C@@H](N)C(=O)N1CCN(CC(=O)N(C)C2CCCCC2)CC1. The third kappa shape index (κ3) is 4.43. The summed E-state index contributed by atoms with van der Waals surface area (Å²) in [7, 11) is 1.94. The molecule has 2 fully saturated rings. The number of nitrogens with two attached hydrogens (primary N) is 1. The van der Waals surface area contributed by atoms with Gasteiger partial charge in [-0.2, -0.15) is 0 Å². The topological polar surface area (TPSA) is 69.9 Å². The molecule has 2 N–H and O–H groups in total. The summed E-state index contributed by atoms with van der Waals surface area (Å²) in [5.41, 5.74) is 5.64. The molecule has 126 valence electrons. The summed E-state index contributed by atoms with van der Waals surface area (Å²) in [5.74, 6) is 0.212. The van der Waals surface area contributed by atoms with Gasteiger partial charge in [-0.15, -0.1) is 0 Å². The Morgan fingerprint density at radius 2 is 1.73 bits per heavy atom. The maximum Gasteiger partial charge on any atom is 0.239 e. The molecular weight excluding hydrogens is 280 g/mol. The molecule has 6 heteroatoms. The minimum Gasteiger partial charge on any atom is -0.342 e. The van der Waals surface area contributed by atoms with Gasteiger partial charge in [0.15, 0.2) is 0 Å². The van der Waals surface area contributed by atoms with E-state index in [0.29, 0.717) is 25.7 Å². The summed E-state index contributed by atoms with van der Waals surface area (Å²) >= 11 is 0. The highest BCUT2D eigenvalue weighted by atomic mass is 16.2. The first-order chi connectivity index (χ1) is 10.5. The molecule has 0 unspecified atom stereocenters. The van der Waals surface area contributed by atoms with Gasteiger partial charge in [0.05, 0.1) is 12.6 Å². The van der Waals surface area contributed by atoms with Crippen LogP contribution in [0.5, 0.6) is 0 Å². The number of rotatable bonds is 4. The van der Waals surface area contributed by atoms with Crippen LogP contribution in [0, 0.1) is 0 Å². The number of likely N-dealkylation sites (N-methyl/N-ethyl adjacent to an activating group) is 1. The Morgan fingerprint density at radius 1 is 1.14 bits per heavy atom. The first-order valence-corrected chi connectivity index (χ1v) is 8.51. The number of carbonyl (C=O) groups excluding carboxylic acids is 2. The zero-order chi connectivity index (χ0) is 16.1. The highest BCUT2D eigenvalue weighted by Crippen LogP contribution is 2.21. The van der Waals surface area contributed by atoms with E-state index in [9.17, 15) is 9.59 Å². The van der Waals surface area contributed by atoms with E-state index in [0.717, 1.165) is 25.9 Å². The van der Waals surface area contributed by atoms with E-state index >= 15 is 0 Å². The van der Waals surface area contributed by atoms with Gasteiger partial charge >= 0.3 is 0 Å². The molecule has 1 aliphatic carbocycles. The van der Waals surface area contributed by atoms with Crippen molar-refractivity contribution in [2.45, 2.75) is 51.1 Å². The van der Waals surface area contributed by atoms with Crippen molar-refractivity contribution >= 4 is 11.8 Å². The minimum atomic E-state index is -0.439. The van der Waals surface area contributed by atoms with Crippen molar-refractivity contribution in [1.29, 1.82) is 0 Å². The van der Waals surface area contributed by atoms with E-state index in [4.69, 9.17) is 5.73 Å². The highest BCUT2D eigenvalue weighted by Gasteiger charge is 2.27. The first-order valence-electron chi connectivity index (χ1n) is 8.51. The fourth-order valence-electron chi connectivity index (χ4n) is 3.39. The zero-order valence-corrected chi connectivity index (χ0v) is 14.0. The van der Waals surface area contributed by atoms with Gasteiger partial charge in [-0.1, -0.05) is 19.3 Å². The average Bonchev–Trinajstić information content (AvgIpc) is 2.54. The standard InChI is InChI=1S/C16H30N4O2/c1-13(17)16(22)20-10-8-19(9-11-20)12-15(21)18(2)14-6-4-3-5-7-14/h13-14H,3-12,17H2,1-2H3/t13-/m1/s1. The van der Waals surface area contributed by atoms with Crippen LogP contribution in [0.4, 0.5) is 0 Å². The van der Waals surface area contributed by atoms with E-state index in [1.807, 2.05) is 11.9 Å². The van der Waals surface area contributed by atoms with Crippen molar-refractivity contribution in [1.82, 2.24) is 14.7 Å². The predicted molar refractivity (Wildman–Crippen MR) is 86.3 cm³/mol. The Kier molecular flexibility index (Phi) is 6.20. The summed E-state index contributed by atoms with van der Waals surface area (Å²) in [6.07, 6.45) is 6.05. The molecule has 2 aliphatic rings. The van der Waals surface area contributed by atoms with Crippen LogP contribution in [-0.4, -0.2) is 78.4 Å². The normalized spacial score (nSPS) is 22.4. The lowest BCUT2D eigenvalue weighted by Gasteiger charge is -2.37. The van der Waals surface area contributed by atoms with E-state index in [2.05, 4.69) is 4.90 Å². The maximum absolute atomic E-state index is 12.4. The predicted octanol–water partition coefficient (Wildman–Crippen LogP) is 0.269. The fourth-order valence-corrected chi connectivity index (χ4v) is 3.39. The zero-order valence-electron chi connectivity index (χ0n) is 14.0. The Bertz CT molecular complexity index is 386. The van der Waals surface area contributed by atoms with Crippen LogP contribution < -0.4 is 5.73 Å². The molecule has 0 bridgehead atoms.